The quantitative estimate of drug-likeness (QED) is 0.362. The lowest BCUT2D eigenvalue weighted by Gasteiger charge is -2.18. The molecule has 2 rings (SSSR count). The Hall–Kier alpha value is -3.02. The van der Waals surface area contributed by atoms with E-state index in [1.54, 1.807) is 48.5 Å². The predicted molar refractivity (Wildman–Crippen MR) is 115 cm³/mol. The third kappa shape index (κ3) is 8.55. The van der Waals surface area contributed by atoms with Crippen LogP contribution in [0.15, 0.2) is 48.5 Å². The van der Waals surface area contributed by atoms with E-state index in [4.69, 9.17) is 4.74 Å². The van der Waals surface area contributed by atoms with Gasteiger partial charge in [0.15, 0.2) is 0 Å². The molecular weight excluding hydrogens is 382 g/mol. The van der Waals surface area contributed by atoms with Gasteiger partial charge in [0, 0.05) is 12.8 Å². The number of ether oxygens (including phenoxy) is 1. The van der Waals surface area contributed by atoms with Crippen LogP contribution in [0.1, 0.15) is 50.2 Å². The van der Waals surface area contributed by atoms with Crippen LogP contribution in [-0.2, 0) is 27.2 Å². The van der Waals surface area contributed by atoms with Gasteiger partial charge in [0.1, 0.15) is 17.5 Å². The molecule has 0 fully saturated rings. The van der Waals surface area contributed by atoms with Gasteiger partial charge in [0.2, 0.25) is 5.91 Å². The molecule has 2 aromatic rings. The Kier molecular flexibility index (Phi) is 9.71. The third-order valence-electron chi connectivity index (χ3n) is 4.82. The van der Waals surface area contributed by atoms with Gasteiger partial charge < -0.3 is 20.3 Å². The number of phenols is 2. The Balaban J connectivity index is 1.92. The van der Waals surface area contributed by atoms with Crippen molar-refractivity contribution in [1.82, 2.24) is 5.32 Å². The minimum absolute atomic E-state index is 0.145. The molecule has 6 nitrogen and oxygen atoms in total. The number of carbonyl (C=O) groups is 2. The van der Waals surface area contributed by atoms with Gasteiger partial charge in [-0.3, -0.25) is 4.79 Å². The number of aryl methyl sites for hydroxylation is 1. The largest absolute Gasteiger partial charge is 0.508 e. The highest BCUT2D eigenvalue weighted by atomic mass is 16.5. The van der Waals surface area contributed by atoms with Crippen LogP contribution in [0.2, 0.25) is 0 Å². The molecule has 162 valence electrons. The number of aromatic hydroxyl groups is 2. The lowest BCUT2D eigenvalue weighted by atomic mass is 10.0. The zero-order chi connectivity index (χ0) is 21.8. The Labute approximate surface area is 177 Å². The number of rotatable bonds is 12. The minimum Gasteiger partial charge on any atom is -0.508 e. The topological polar surface area (TPSA) is 95.9 Å². The van der Waals surface area contributed by atoms with Crippen molar-refractivity contribution in [2.45, 2.75) is 57.9 Å². The van der Waals surface area contributed by atoms with Gasteiger partial charge in [-0.25, -0.2) is 4.79 Å². The molecule has 1 atom stereocenters. The molecule has 3 N–H and O–H groups in total. The van der Waals surface area contributed by atoms with E-state index in [0.717, 1.165) is 36.8 Å². The molecule has 1 amide bonds. The second kappa shape index (κ2) is 12.5. The van der Waals surface area contributed by atoms with Crippen molar-refractivity contribution in [2.24, 2.45) is 0 Å². The van der Waals surface area contributed by atoms with Crippen molar-refractivity contribution in [3.8, 4) is 11.5 Å². The number of esters is 1. The van der Waals surface area contributed by atoms with Crippen molar-refractivity contribution in [1.29, 1.82) is 0 Å². The molecule has 1 unspecified atom stereocenters. The van der Waals surface area contributed by atoms with E-state index >= 15 is 0 Å². The summed E-state index contributed by atoms with van der Waals surface area (Å²) < 4.78 is 5.39. The van der Waals surface area contributed by atoms with Gasteiger partial charge in [-0.15, -0.1) is 0 Å². The smallest absolute Gasteiger partial charge is 0.328 e. The van der Waals surface area contributed by atoms with Crippen LogP contribution in [0.4, 0.5) is 0 Å². The average Bonchev–Trinajstić information content (AvgIpc) is 2.74. The second-order valence-corrected chi connectivity index (χ2v) is 7.39. The number of amides is 1. The van der Waals surface area contributed by atoms with Gasteiger partial charge in [-0.05, 0) is 48.2 Å². The first kappa shape index (κ1) is 23.3. The molecule has 0 radical (unpaired) electrons. The molecule has 0 saturated carbocycles. The second-order valence-electron chi connectivity index (χ2n) is 7.39. The van der Waals surface area contributed by atoms with Crippen LogP contribution >= 0.6 is 0 Å². The molecule has 6 heteroatoms. The summed E-state index contributed by atoms with van der Waals surface area (Å²) in [7, 11) is 0. The van der Waals surface area contributed by atoms with Crippen LogP contribution in [0.25, 0.3) is 0 Å². The molecule has 0 aliphatic carbocycles. The number of hydrogen-bond donors (Lipinski definition) is 3. The normalized spacial score (nSPS) is 11.6. The van der Waals surface area contributed by atoms with Crippen molar-refractivity contribution in [2.75, 3.05) is 6.61 Å². The fourth-order valence-electron chi connectivity index (χ4n) is 3.05. The summed E-state index contributed by atoms with van der Waals surface area (Å²) in [5.74, 6) is -0.363. The van der Waals surface area contributed by atoms with E-state index in [-0.39, 0.29) is 23.8 Å². The molecule has 0 spiro atoms. The monoisotopic (exact) mass is 413 g/mol. The number of unbranched alkanes of at least 4 members (excludes halogenated alkanes) is 3. The fourth-order valence-corrected chi connectivity index (χ4v) is 3.05. The lowest BCUT2D eigenvalue weighted by molar-refractivity contribution is -0.148. The molecular formula is C24H31NO5. The SMILES string of the molecule is CCCCCCOC(=O)C(Cc1ccc(O)cc1)NC(=O)CCc1ccc(O)cc1. The maximum Gasteiger partial charge on any atom is 0.328 e. The van der Waals surface area contributed by atoms with Gasteiger partial charge >= 0.3 is 5.97 Å². The number of hydrogen-bond acceptors (Lipinski definition) is 5. The maximum absolute atomic E-state index is 12.6. The fraction of sp³-hybridized carbons (Fsp3) is 0.417. The lowest BCUT2D eigenvalue weighted by Crippen LogP contribution is -2.43. The molecule has 0 aliphatic heterocycles. The number of nitrogens with one attached hydrogen (secondary N) is 1. The Morgan fingerprint density at radius 1 is 0.900 bits per heavy atom. The molecule has 0 heterocycles. The van der Waals surface area contributed by atoms with Gasteiger partial charge in [0.05, 0.1) is 6.61 Å². The highest BCUT2D eigenvalue weighted by Crippen LogP contribution is 2.13. The Morgan fingerprint density at radius 3 is 2.10 bits per heavy atom. The summed E-state index contributed by atoms with van der Waals surface area (Å²) in [6, 6.07) is 12.5. The molecule has 0 saturated heterocycles. The number of carbonyl (C=O) groups excluding carboxylic acids is 2. The molecule has 0 bridgehead atoms. The summed E-state index contributed by atoms with van der Waals surface area (Å²) in [5, 5.41) is 21.6. The highest BCUT2D eigenvalue weighted by molar-refractivity contribution is 5.84. The summed E-state index contributed by atoms with van der Waals surface area (Å²) in [5.41, 5.74) is 1.75. The zero-order valence-electron chi connectivity index (χ0n) is 17.5. The van der Waals surface area contributed by atoms with E-state index < -0.39 is 12.0 Å². The minimum atomic E-state index is -0.784. The summed E-state index contributed by atoms with van der Waals surface area (Å²) >= 11 is 0. The first-order valence-electron chi connectivity index (χ1n) is 10.5. The predicted octanol–water partition coefficient (Wildman–Crippen LogP) is 3.88. The molecule has 0 aliphatic rings. The molecule has 30 heavy (non-hydrogen) atoms. The van der Waals surface area contributed by atoms with Crippen molar-refractivity contribution in [3.05, 3.63) is 59.7 Å². The standard InChI is InChI=1S/C24H31NO5/c1-2-3-4-5-16-30-24(29)22(17-19-8-13-21(27)14-9-19)25-23(28)15-10-18-6-11-20(26)12-7-18/h6-9,11-14,22,26-27H,2-5,10,15-17H2,1H3,(H,25,28). The molecule has 2 aromatic carbocycles. The van der Waals surface area contributed by atoms with E-state index in [0.29, 0.717) is 19.4 Å². The van der Waals surface area contributed by atoms with Crippen LogP contribution < -0.4 is 5.32 Å². The van der Waals surface area contributed by atoms with Gasteiger partial charge in [-0.2, -0.15) is 0 Å². The third-order valence-corrected chi connectivity index (χ3v) is 4.82. The van der Waals surface area contributed by atoms with Crippen LogP contribution in [0.3, 0.4) is 0 Å². The van der Waals surface area contributed by atoms with Crippen LogP contribution in [0, 0.1) is 0 Å². The van der Waals surface area contributed by atoms with E-state index in [9.17, 15) is 19.8 Å². The number of benzene rings is 2. The Bertz CT molecular complexity index is 786. The highest BCUT2D eigenvalue weighted by Gasteiger charge is 2.22. The first-order valence-corrected chi connectivity index (χ1v) is 10.5. The first-order chi connectivity index (χ1) is 14.5. The van der Waals surface area contributed by atoms with Crippen LogP contribution in [-0.4, -0.2) is 34.7 Å². The van der Waals surface area contributed by atoms with Gasteiger partial charge in [-0.1, -0.05) is 50.5 Å². The summed E-state index contributed by atoms with van der Waals surface area (Å²) in [6.07, 6.45) is 5.03. The van der Waals surface area contributed by atoms with Crippen molar-refractivity contribution in [3.63, 3.8) is 0 Å². The summed E-state index contributed by atoms with van der Waals surface area (Å²) in [4.78, 5) is 25.0. The maximum atomic E-state index is 12.6. The van der Waals surface area contributed by atoms with E-state index in [2.05, 4.69) is 12.2 Å². The van der Waals surface area contributed by atoms with Crippen LogP contribution in [0.5, 0.6) is 11.5 Å². The van der Waals surface area contributed by atoms with Crippen molar-refractivity contribution >= 4 is 11.9 Å². The molecule has 0 aromatic heterocycles. The Morgan fingerprint density at radius 2 is 1.50 bits per heavy atom. The van der Waals surface area contributed by atoms with E-state index in [1.165, 1.54) is 0 Å². The van der Waals surface area contributed by atoms with Crippen molar-refractivity contribution < 1.29 is 24.5 Å². The summed E-state index contributed by atoms with van der Waals surface area (Å²) in [6.45, 7) is 2.46. The van der Waals surface area contributed by atoms with Gasteiger partial charge in [0.25, 0.3) is 0 Å². The average molecular weight is 414 g/mol. The zero-order valence-corrected chi connectivity index (χ0v) is 17.5. The van der Waals surface area contributed by atoms with E-state index in [1.807, 2.05) is 0 Å². The number of phenolic OH excluding ortho intramolecular Hbond substituents is 2.